The summed E-state index contributed by atoms with van der Waals surface area (Å²) >= 11 is 12.7. The van der Waals surface area contributed by atoms with Gasteiger partial charge in [-0.05, 0) is 30.7 Å². The van der Waals surface area contributed by atoms with Crippen LogP contribution in [0.2, 0.25) is 10.0 Å². The number of allylic oxidation sites excluding steroid dienone is 1. The van der Waals surface area contributed by atoms with E-state index in [1.54, 1.807) is 16.8 Å². The minimum Gasteiger partial charge on any atom is -0.422 e. The molecule has 1 unspecified atom stereocenters. The number of fused-ring (bicyclic) bond motifs is 1. The number of nitriles is 1. The van der Waals surface area contributed by atoms with Crippen LogP contribution in [0.25, 0.3) is 5.69 Å². The summed E-state index contributed by atoms with van der Waals surface area (Å²) in [7, 11) is 0. The SMILES string of the molecule is Cc1nn(-c2ccccc2)c2c1C(c1cccc(Cl)c1Cl)C(C#N)=C(N)O2. The van der Waals surface area contributed by atoms with Crippen LogP contribution in [0.5, 0.6) is 5.88 Å². The van der Waals surface area contributed by atoms with Crippen molar-refractivity contribution in [2.75, 3.05) is 0 Å². The number of rotatable bonds is 2. The van der Waals surface area contributed by atoms with Crippen molar-refractivity contribution in [1.82, 2.24) is 9.78 Å². The van der Waals surface area contributed by atoms with E-state index in [4.69, 9.17) is 33.7 Å². The van der Waals surface area contributed by atoms with Crippen molar-refractivity contribution in [2.24, 2.45) is 5.73 Å². The fourth-order valence-electron chi connectivity index (χ4n) is 3.31. The van der Waals surface area contributed by atoms with Gasteiger partial charge in [0.25, 0.3) is 0 Å². The van der Waals surface area contributed by atoms with Crippen LogP contribution in [0.3, 0.4) is 0 Å². The Morgan fingerprint density at radius 1 is 1.15 bits per heavy atom. The van der Waals surface area contributed by atoms with Gasteiger partial charge in [-0.15, -0.1) is 0 Å². The summed E-state index contributed by atoms with van der Waals surface area (Å²) in [6, 6.07) is 17.0. The third-order valence-electron chi connectivity index (χ3n) is 4.53. The van der Waals surface area contributed by atoms with Gasteiger partial charge < -0.3 is 10.5 Å². The zero-order valence-corrected chi connectivity index (χ0v) is 15.8. The van der Waals surface area contributed by atoms with Crippen molar-refractivity contribution in [3.05, 3.63) is 86.9 Å². The van der Waals surface area contributed by atoms with Crippen LogP contribution in [0, 0.1) is 18.3 Å². The van der Waals surface area contributed by atoms with Crippen molar-refractivity contribution in [2.45, 2.75) is 12.8 Å². The van der Waals surface area contributed by atoms with Gasteiger partial charge in [-0.3, -0.25) is 0 Å². The number of nitrogens with two attached hydrogens (primary N) is 1. The summed E-state index contributed by atoms with van der Waals surface area (Å²) in [5.41, 5.74) is 9.35. The Kier molecular flexibility index (Phi) is 4.31. The van der Waals surface area contributed by atoms with E-state index in [0.29, 0.717) is 21.5 Å². The minimum atomic E-state index is -0.512. The Morgan fingerprint density at radius 2 is 1.89 bits per heavy atom. The van der Waals surface area contributed by atoms with Crippen LogP contribution in [0.4, 0.5) is 0 Å². The lowest BCUT2D eigenvalue weighted by atomic mass is 9.84. The third-order valence-corrected chi connectivity index (χ3v) is 5.36. The van der Waals surface area contributed by atoms with Gasteiger partial charge >= 0.3 is 0 Å². The highest BCUT2D eigenvalue weighted by Crippen LogP contribution is 2.47. The molecule has 134 valence electrons. The number of ether oxygens (including phenoxy) is 1. The molecule has 2 aromatic carbocycles. The van der Waals surface area contributed by atoms with E-state index in [2.05, 4.69) is 11.2 Å². The number of halogens is 2. The maximum Gasteiger partial charge on any atom is 0.229 e. The van der Waals surface area contributed by atoms with Crippen molar-refractivity contribution < 1.29 is 4.74 Å². The number of hydrogen-bond acceptors (Lipinski definition) is 4. The zero-order valence-electron chi connectivity index (χ0n) is 14.3. The van der Waals surface area contributed by atoms with Gasteiger partial charge in [-0.1, -0.05) is 53.5 Å². The second kappa shape index (κ2) is 6.66. The number of para-hydroxylation sites is 1. The highest BCUT2D eigenvalue weighted by molar-refractivity contribution is 6.42. The average molecular weight is 397 g/mol. The highest BCUT2D eigenvalue weighted by atomic mass is 35.5. The van der Waals surface area contributed by atoms with Crippen LogP contribution in [0.15, 0.2) is 60.0 Å². The lowest BCUT2D eigenvalue weighted by Gasteiger charge is -2.25. The van der Waals surface area contributed by atoms with Gasteiger partial charge in [0.15, 0.2) is 0 Å². The van der Waals surface area contributed by atoms with Gasteiger partial charge in [0, 0.05) is 0 Å². The molecule has 7 heteroatoms. The molecule has 0 saturated heterocycles. The Bertz CT molecular complexity index is 1110. The van der Waals surface area contributed by atoms with Crippen molar-refractivity contribution in [1.29, 1.82) is 5.26 Å². The fourth-order valence-corrected chi connectivity index (χ4v) is 3.73. The Balaban J connectivity index is 2.00. The van der Waals surface area contributed by atoms with E-state index in [-0.39, 0.29) is 11.5 Å². The molecule has 0 radical (unpaired) electrons. The van der Waals surface area contributed by atoms with E-state index in [1.165, 1.54) is 0 Å². The highest BCUT2D eigenvalue weighted by Gasteiger charge is 2.37. The van der Waals surface area contributed by atoms with Crippen LogP contribution in [0.1, 0.15) is 22.7 Å². The summed E-state index contributed by atoms with van der Waals surface area (Å²) in [4.78, 5) is 0. The van der Waals surface area contributed by atoms with E-state index >= 15 is 0 Å². The maximum atomic E-state index is 9.72. The quantitative estimate of drug-likeness (QED) is 0.680. The molecule has 2 N–H and O–H groups in total. The molecule has 1 aliphatic rings. The van der Waals surface area contributed by atoms with Crippen LogP contribution >= 0.6 is 23.2 Å². The molecule has 1 aromatic heterocycles. The first-order valence-electron chi connectivity index (χ1n) is 8.19. The molecule has 0 bridgehead atoms. The molecule has 1 aliphatic heterocycles. The molecule has 0 amide bonds. The second-order valence-electron chi connectivity index (χ2n) is 6.12. The topological polar surface area (TPSA) is 76.9 Å². The number of aryl methyl sites for hydroxylation is 1. The van der Waals surface area contributed by atoms with Gasteiger partial charge in [-0.2, -0.15) is 10.4 Å². The first kappa shape index (κ1) is 17.5. The Labute approximate surface area is 166 Å². The summed E-state index contributed by atoms with van der Waals surface area (Å²) in [6.07, 6.45) is 0. The first-order chi connectivity index (χ1) is 13.0. The van der Waals surface area contributed by atoms with E-state index in [0.717, 1.165) is 16.9 Å². The zero-order chi connectivity index (χ0) is 19.1. The van der Waals surface area contributed by atoms with E-state index in [9.17, 15) is 5.26 Å². The molecule has 27 heavy (non-hydrogen) atoms. The van der Waals surface area contributed by atoms with Crippen LogP contribution < -0.4 is 10.5 Å². The van der Waals surface area contributed by atoms with E-state index < -0.39 is 5.92 Å². The standard InChI is InChI=1S/C20H14Cl2N4O/c1-11-16-17(13-8-5-9-15(21)18(13)22)14(10-23)19(24)27-20(16)26(25-11)12-6-3-2-4-7-12/h2-9,17H,24H2,1H3. The average Bonchev–Trinajstić information content (AvgIpc) is 3.00. The molecular weight excluding hydrogens is 383 g/mol. The summed E-state index contributed by atoms with van der Waals surface area (Å²) in [6.45, 7) is 1.86. The lowest BCUT2D eigenvalue weighted by Crippen LogP contribution is -2.22. The number of aromatic nitrogens is 2. The van der Waals surface area contributed by atoms with Gasteiger partial charge in [0.05, 0.1) is 32.9 Å². The minimum absolute atomic E-state index is 0.0307. The predicted octanol–water partition coefficient (Wildman–Crippen LogP) is 4.71. The fraction of sp³-hybridized carbons (Fsp3) is 0.100. The summed E-state index contributed by atoms with van der Waals surface area (Å²) < 4.78 is 7.50. The molecule has 1 atom stereocenters. The molecule has 0 saturated carbocycles. The van der Waals surface area contributed by atoms with Crippen molar-refractivity contribution in [3.63, 3.8) is 0 Å². The summed E-state index contributed by atoms with van der Waals surface area (Å²) in [5, 5.41) is 15.1. The number of nitrogens with zero attached hydrogens (tertiary/aromatic N) is 3. The van der Waals surface area contributed by atoms with Crippen LogP contribution in [-0.2, 0) is 0 Å². The molecule has 0 fully saturated rings. The molecule has 2 heterocycles. The predicted molar refractivity (Wildman–Crippen MR) is 104 cm³/mol. The molecular formula is C20H14Cl2N4O. The number of hydrogen-bond donors (Lipinski definition) is 1. The summed E-state index contributed by atoms with van der Waals surface area (Å²) in [5.74, 6) is -0.0122. The molecule has 0 spiro atoms. The monoisotopic (exact) mass is 396 g/mol. The third kappa shape index (κ3) is 2.74. The molecule has 3 aromatic rings. The van der Waals surface area contributed by atoms with Crippen LogP contribution in [-0.4, -0.2) is 9.78 Å². The van der Waals surface area contributed by atoms with Crippen molar-refractivity contribution >= 4 is 23.2 Å². The second-order valence-corrected chi connectivity index (χ2v) is 6.90. The Morgan fingerprint density at radius 3 is 2.59 bits per heavy atom. The molecule has 4 rings (SSSR count). The van der Waals surface area contributed by atoms with E-state index in [1.807, 2.05) is 43.3 Å². The smallest absolute Gasteiger partial charge is 0.229 e. The van der Waals surface area contributed by atoms with Gasteiger partial charge in [0.2, 0.25) is 11.8 Å². The van der Waals surface area contributed by atoms with Crippen molar-refractivity contribution in [3.8, 4) is 17.6 Å². The largest absolute Gasteiger partial charge is 0.422 e. The normalized spacial score (nSPS) is 15.9. The van der Waals surface area contributed by atoms with Gasteiger partial charge in [-0.25, -0.2) is 4.68 Å². The first-order valence-corrected chi connectivity index (χ1v) is 8.95. The Hall–Kier alpha value is -2.94. The van der Waals surface area contributed by atoms with Gasteiger partial charge in [0.1, 0.15) is 11.6 Å². The molecule has 5 nitrogen and oxygen atoms in total. The lowest BCUT2D eigenvalue weighted by molar-refractivity contribution is 0.367. The maximum absolute atomic E-state index is 9.72. The number of benzene rings is 2. The molecule has 0 aliphatic carbocycles.